The number of rotatable bonds is 6. The van der Waals surface area contributed by atoms with Crippen molar-refractivity contribution in [3.05, 3.63) is 29.8 Å². The number of likely N-dealkylation sites (N-methyl/N-ethyl adjacent to an activating group) is 1. The predicted molar refractivity (Wildman–Crippen MR) is 68.5 cm³/mol. The Labute approximate surface area is 103 Å². The highest BCUT2D eigenvalue weighted by Crippen LogP contribution is 2.12. The van der Waals surface area contributed by atoms with E-state index in [2.05, 4.69) is 12.2 Å². The molecule has 0 saturated carbocycles. The van der Waals surface area contributed by atoms with Gasteiger partial charge in [-0.15, -0.1) is 12.4 Å². The fourth-order valence-electron chi connectivity index (χ4n) is 1.31. The summed E-state index contributed by atoms with van der Waals surface area (Å²) < 4.78 is 5.43. The van der Waals surface area contributed by atoms with Crippen LogP contribution in [0.25, 0.3) is 0 Å². The predicted octanol–water partition coefficient (Wildman–Crippen LogP) is 1.63. The number of hydrogen-bond donors (Lipinski definition) is 2. The van der Waals surface area contributed by atoms with Crippen molar-refractivity contribution in [1.82, 2.24) is 5.32 Å². The van der Waals surface area contributed by atoms with Gasteiger partial charge in [-0.2, -0.15) is 0 Å². The zero-order valence-corrected chi connectivity index (χ0v) is 10.6. The minimum absolute atomic E-state index is 0. The molecule has 1 rings (SSSR count). The van der Waals surface area contributed by atoms with Crippen LogP contribution in [0.3, 0.4) is 0 Å². The second-order valence-corrected chi connectivity index (χ2v) is 3.52. The van der Waals surface area contributed by atoms with E-state index in [1.165, 1.54) is 5.56 Å². The summed E-state index contributed by atoms with van der Waals surface area (Å²) in [6, 6.07) is 7.95. The van der Waals surface area contributed by atoms with Crippen molar-refractivity contribution in [3.63, 3.8) is 0 Å². The van der Waals surface area contributed by atoms with E-state index in [0.29, 0.717) is 13.2 Å². The molecule has 0 fully saturated rings. The number of aliphatic hydroxyl groups is 1. The zero-order chi connectivity index (χ0) is 11.1. The highest BCUT2D eigenvalue weighted by molar-refractivity contribution is 5.85. The summed E-state index contributed by atoms with van der Waals surface area (Å²) in [5.41, 5.74) is 1.29. The van der Waals surface area contributed by atoms with Crippen molar-refractivity contribution in [1.29, 1.82) is 0 Å². The van der Waals surface area contributed by atoms with Gasteiger partial charge >= 0.3 is 0 Å². The third kappa shape index (κ3) is 5.35. The normalized spacial score (nSPS) is 11.7. The molecule has 0 aliphatic heterocycles. The van der Waals surface area contributed by atoms with Crippen LogP contribution in [0.5, 0.6) is 5.75 Å². The first-order valence-electron chi connectivity index (χ1n) is 5.30. The fraction of sp³-hybridized carbons (Fsp3) is 0.500. The third-order valence-electron chi connectivity index (χ3n) is 2.21. The van der Waals surface area contributed by atoms with E-state index in [4.69, 9.17) is 4.74 Å². The van der Waals surface area contributed by atoms with Crippen LogP contribution in [0, 0.1) is 0 Å². The first kappa shape index (κ1) is 15.2. The molecule has 1 unspecified atom stereocenters. The number of halogens is 1. The van der Waals surface area contributed by atoms with Crippen molar-refractivity contribution in [2.75, 3.05) is 20.2 Å². The quantitative estimate of drug-likeness (QED) is 0.801. The highest BCUT2D eigenvalue weighted by atomic mass is 35.5. The summed E-state index contributed by atoms with van der Waals surface area (Å²) >= 11 is 0. The van der Waals surface area contributed by atoms with Crippen molar-refractivity contribution < 1.29 is 9.84 Å². The van der Waals surface area contributed by atoms with Crippen LogP contribution < -0.4 is 10.1 Å². The Balaban J connectivity index is 0.00000225. The minimum atomic E-state index is -0.458. The molecule has 1 aromatic rings. The Bertz CT molecular complexity index is 277. The second-order valence-electron chi connectivity index (χ2n) is 3.52. The summed E-state index contributed by atoms with van der Waals surface area (Å²) in [6.45, 7) is 2.99. The average Bonchev–Trinajstić information content (AvgIpc) is 2.27. The van der Waals surface area contributed by atoms with E-state index in [1.807, 2.05) is 24.3 Å². The van der Waals surface area contributed by atoms with Gasteiger partial charge in [-0.1, -0.05) is 19.1 Å². The Kier molecular flexibility index (Phi) is 7.99. The number of hydrogen-bond acceptors (Lipinski definition) is 3. The third-order valence-corrected chi connectivity index (χ3v) is 2.21. The molecule has 0 amide bonds. The monoisotopic (exact) mass is 245 g/mol. The fourth-order valence-corrected chi connectivity index (χ4v) is 1.31. The van der Waals surface area contributed by atoms with Gasteiger partial charge in [-0.3, -0.25) is 0 Å². The van der Waals surface area contributed by atoms with Crippen molar-refractivity contribution in [3.8, 4) is 5.75 Å². The highest BCUT2D eigenvalue weighted by Gasteiger charge is 2.03. The maximum atomic E-state index is 9.42. The minimum Gasteiger partial charge on any atom is -0.491 e. The Morgan fingerprint density at radius 1 is 1.31 bits per heavy atom. The summed E-state index contributed by atoms with van der Waals surface area (Å²) in [5, 5.41) is 12.3. The van der Waals surface area contributed by atoms with Gasteiger partial charge in [0, 0.05) is 6.54 Å². The van der Waals surface area contributed by atoms with E-state index in [0.717, 1.165) is 12.2 Å². The molecule has 0 aromatic heterocycles. The lowest BCUT2D eigenvalue weighted by atomic mass is 10.2. The van der Waals surface area contributed by atoms with E-state index in [1.54, 1.807) is 7.05 Å². The lowest BCUT2D eigenvalue weighted by Gasteiger charge is -2.11. The summed E-state index contributed by atoms with van der Waals surface area (Å²) in [4.78, 5) is 0. The molecular formula is C12H20ClNO2. The molecular weight excluding hydrogens is 226 g/mol. The molecule has 1 aromatic carbocycles. The van der Waals surface area contributed by atoms with Gasteiger partial charge in [-0.05, 0) is 31.2 Å². The maximum absolute atomic E-state index is 9.42. The van der Waals surface area contributed by atoms with Gasteiger partial charge in [0.25, 0.3) is 0 Å². The van der Waals surface area contributed by atoms with Crippen LogP contribution in [0.2, 0.25) is 0 Å². The molecule has 2 N–H and O–H groups in total. The molecule has 92 valence electrons. The number of aryl methyl sites for hydroxylation is 1. The molecule has 0 bridgehead atoms. The molecule has 0 spiro atoms. The number of benzene rings is 1. The Morgan fingerprint density at radius 3 is 2.44 bits per heavy atom. The van der Waals surface area contributed by atoms with Gasteiger partial charge < -0.3 is 15.2 Å². The summed E-state index contributed by atoms with van der Waals surface area (Å²) in [7, 11) is 1.80. The molecule has 0 aliphatic rings. The first-order valence-corrected chi connectivity index (χ1v) is 5.30. The van der Waals surface area contributed by atoms with E-state index >= 15 is 0 Å². The molecule has 3 nitrogen and oxygen atoms in total. The van der Waals surface area contributed by atoms with E-state index in [9.17, 15) is 5.11 Å². The molecule has 0 aliphatic carbocycles. The molecule has 16 heavy (non-hydrogen) atoms. The maximum Gasteiger partial charge on any atom is 0.119 e. The SMILES string of the molecule is CCc1ccc(OCC(O)CNC)cc1.Cl. The number of nitrogens with one attached hydrogen (secondary N) is 1. The largest absolute Gasteiger partial charge is 0.491 e. The number of ether oxygens (including phenoxy) is 1. The molecule has 0 radical (unpaired) electrons. The topological polar surface area (TPSA) is 41.5 Å². The standard InChI is InChI=1S/C12H19NO2.ClH/c1-3-10-4-6-12(7-5-10)15-9-11(14)8-13-2;/h4-7,11,13-14H,3,8-9H2,1-2H3;1H. The van der Waals surface area contributed by atoms with Gasteiger partial charge in [0.2, 0.25) is 0 Å². The van der Waals surface area contributed by atoms with Crippen molar-refractivity contribution in [2.45, 2.75) is 19.4 Å². The van der Waals surface area contributed by atoms with Crippen LogP contribution in [0.4, 0.5) is 0 Å². The number of aliphatic hydroxyl groups excluding tert-OH is 1. The van der Waals surface area contributed by atoms with E-state index < -0.39 is 6.10 Å². The Morgan fingerprint density at radius 2 is 1.94 bits per heavy atom. The van der Waals surface area contributed by atoms with Gasteiger partial charge in [0.15, 0.2) is 0 Å². The molecule has 0 saturated heterocycles. The lowest BCUT2D eigenvalue weighted by Crippen LogP contribution is -2.29. The zero-order valence-electron chi connectivity index (χ0n) is 9.77. The summed E-state index contributed by atoms with van der Waals surface area (Å²) in [6.07, 6.45) is 0.573. The van der Waals surface area contributed by atoms with Crippen LogP contribution in [-0.4, -0.2) is 31.4 Å². The molecule has 0 heterocycles. The lowest BCUT2D eigenvalue weighted by molar-refractivity contribution is 0.108. The van der Waals surface area contributed by atoms with Crippen LogP contribution in [0.15, 0.2) is 24.3 Å². The smallest absolute Gasteiger partial charge is 0.119 e. The van der Waals surface area contributed by atoms with Crippen LogP contribution >= 0.6 is 12.4 Å². The van der Waals surface area contributed by atoms with Gasteiger partial charge in [0.1, 0.15) is 18.5 Å². The van der Waals surface area contributed by atoms with Crippen LogP contribution in [0.1, 0.15) is 12.5 Å². The van der Waals surface area contributed by atoms with Crippen LogP contribution in [-0.2, 0) is 6.42 Å². The second kappa shape index (κ2) is 8.39. The summed E-state index contributed by atoms with van der Waals surface area (Å²) in [5.74, 6) is 0.808. The molecule has 4 heteroatoms. The van der Waals surface area contributed by atoms with Crippen molar-refractivity contribution >= 4 is 12.4 Å². The van der Waals surface area contributed by atoms with Gasteiger partial charge in [-0.25, -0.2) is 0 Å². The first-order chi connectivity index (χ1) is 7.26. The van der Waals surface area contributed by atoms with Gasteiger partial charge in [0.05, 0.1) is 0 Å². The average molecular weight is 246 g/mol. The molecule has 1 atom stereocenters. The Hall–Kier alpha value is -0.770. The van der Waals surface area contributed by atoms with Crippen molar-refractivity contribution in [2.24, 2.45) is 0 Å². The van der Waals surface area contributed by atoms with E-state index in [-0.39, 0.29) is 12.4 Å².